The molecule has 2 N–H and O–H groups in total. The first-order valence-corrected chi connectivity index (χ1v) is 8.40. The first-order valence-electron chi connectivity index (χ1n) is 7.00. The molecule has 0 atom stereocenters. The zero-order valence-corrected chi connectivity index (χ0v) is 16.4. The van der Waals surface area contributed by atoms with E-state index in [1.165, 1.54) is 18.6 Å². The van der Waals surface area contributed by atoms with E-state index in [0.717, 1.165) is 32.0 Å². The van der Waals surface area contributed by atoms with Gasteiger partial charge in [0, 0.05) is 19.6 Å². The van der Waals surface area contributed by atoms with Crippen LogP contribution in [0.3, 0.4) is 0 Å². The summed E-state index contributed by atoms with van der Waals surface area (Å²) in [6.45, 7) is 11.7. The van der Waals surface area contributed by atoms with Gasteiger partial charge in [-0.25, -0.2) is 0 Å². The number of rotatable bonds is 8. The lowest BCUT2D eigenvalue weighted by Gasteiger charge is -2.19. The van der Waals surface area contributed by atoms with Gasteiger partial charge in [-0.2, -0.15) is 11.8 Å². The molecule has 0 aromatic heterocycles. The van der Waals surface area contributed by atoms with Crippen molar-refractivity contribution in [1.29, 1.82) is 0 Å². The molecule has 0 bridgehead atoms. The lowest BCUT2D eigenvalue weighted by Crippen LogP contribution is -2.38. The maximum Gasteiger partial charge on any atom is 0.191 e. The molecule has 0 aromatic rings. The number of unbranched alkanes of at least 4 members (excludes halogenated alkanes) is 1. The van der Waals surface area contributed by atoms with E-state index in [2.05, 4.69) is 49.6 Å². The number of hydrogen-bond acceptors (Lipinski definition) is 2. The van der Waals surface area contributed by atoms with Crippen LogP contribution < -0.4 is 10.6 Å². The number of nitrogens with zero attached hydrogens (tertiary/aromatic N) is 1. The summed E-state index contributed by atoms with van der Waals surface area (Å²) in [5, 5.41) is 6.70. The molecule has 0 radical (unpaired) electrons. The Balaban J connectivity index is 0. The van der Waals surface area contributed by atoms with Crippen molar-refractivity contribution in [1.82, 2.24) is 10.6 Å². The van der Waals surface area contributed by atoms with E-state index in [1.807, 2.05) is 11.8 Å². The van der Waals surface area contributed by atoms with E-state index < -0.39 is 0 Å². The average Bonchev–Trinajstić information content (AvgIpc) is 2.27. The molecule has 0 aliphatic carbocycles. The minimum atomic E-state index is 0. The molecule has 0 unspecified atom stereocenters. The molecule has 0 fully saturated rings. The maximum absolute atomic E-state index is 4.59. The van der Waals surface area contributed by atoms with Gasteiger partial charge in [-0.05, 0) is 43.6 Å². The van der Waals surface area contributed by atoms with Crippen LogP contribution in [0.2, 0.25) is 0 Å². The molecule has 0 aromatic carbocycles. The zero-order chi connectivity index (χ0) is 13.9. The van der Waals surface area contributed by atoms with Crippen LogP contribution in [-0.2, 0) is 0 Å². The van der Waals surface area contributed by atoms with Crippen LogP contribution in [0.4, 0.5) is 0 Å². The third-order valence-electron chi connectivity index (χ3n) is 2.54. The standard InChI is InChI=1S/C14H31N3S.HI/c1-6-15-13(16-10-7-8-12-18-5)17-11-9-14(2,3)4;/h6-12H2,1-5H3,(H2,15,16,17);1H. The Morgan fingerprint density at radius 2 is 1.84 bits per heavy atom. The number of aliphatic imine (C=N–C) groups is 1. The summed E-state index contributed by atoms with van der Waals surface area (Å²) in [7, 11) is 0. The van der Waals surface area contributed by atoms with Crippen molar-refractivity contribution < 1.29 is 0 Å². The van der Waals surface area contributed by atoms with Gasteiger partial charge in [0.25, 0.3) is 0 Å². The van der Waals surface area contributed by atoms with Crippen LogP contribution in [0, 0.1) is 5.41 Å². The Labute approximate surface area is 141 Å². The molecule has 19 heavy (non-hydrogen) atoms. The number of halogens is 1. The normalized spacial score (nSPS) is 11.9. The molecule has 0 spiro atoms. The topological polar surface area (TPSA) is 36.4 Å². The molecule has 0 heterocycles. The predicted molar refractivity (Wildman–Crippen MR) is 101 cm³/mol. The smallest absolute Gasteiger partial charge is 0.191 e. The Bertz CT molecular complexity index is 227. The minimum absolute atomic E-state index is 0. The van der Waals surface area contributed by atoms with Crippen molar-refractivity contribution in [3.05, 3.63) is 0 Å². The lowest BCUT2D eigenvalue weighted by molar-refractivity contribution is 0.377. The van der Waals surface area contributed by atoms with E-state index >= 15 is 0 Å². The van der Waals surface area contributed by atoms with Crippen LogP contribution in [0.15, 0.2) is 4.99 Å². The molecular formula is C14H32IN3S. The van der Waals surface area contributed by atoms with Gasteiger partial charge in [-0.1, -0.05) is 20.8 Å². The summed E-state index contributed by atoms with van der Waals surface area (Å²) in [5.74, 6) is 2.20. The Morgan fingerprint density at radius 3 is 2.37 bits per heavy atom. The average molecular weight is 401 g/mol. The van der Waals surface area contributed by atoms with E-state index in [9.17, 15) is 0 Å². The van der Waals surface area contributed by atoms with Crippen molar-refractivity contribution in [2.45, 2.75) is 47.0 Å². The SMILES string of the molecule is CCNC(=NCCCCSC)NCCC(C)(C)C.I. The van der Waals surface area contributed by atoms with Crippen molar-refractivity contribution >= 4 is 41.7 Å². The van der Waals surface area contributed by atoms with Crippen LogP contribution in [0.5, 0.6) is 0 Å². The number of nitrogens with one attached hydrogen (secondary N) is 2. The summed E-state index contributed by atoms with van der Waals surface area (Å²) in [6, 6.07) is 0. The zero-order valence-electron chi connectivity index (χ0n) is 13.2. The minimum Gasteiger partial charge on any atom is -0.357 e. The van der Waals surface area contributed by atoms with Crippen molar-refractivity contribution in [3.63, 3.8) is 0 Å². The molecule has 5 heteroatoms. The third-order valence-corrected chi connectivity index (χ3v) is 3.24. The summed E-state index contributed by atoms with van der Waals surface area (Å²) in [5.41, 5.74) is 0.378. The Morgan fingerprint density at radius 1 is 1.16 bits per heavy atom. The second-order valence-electron chi connectivity index (χ2n) is 5.70. The second kappa shape index (κ2) is 13.3. The highest BCUT2D eigenvalue weighted by molar-refractivity contribution is 14.0. The van der Waals surface area contributed by atoms with Crippen LogP contribution in [0.25, 0.3) is 0 Å². The summed E-state index contributed by atoms with van der Waals surface area (Å²) in [4.78, 5) is 4.59. The molecule has 0 saturated carbocycles. The molecule has 0 amide bonds. The maximum atomic E-state index is 4.59. The second-order valence-corrected chi connectivity index (χ2v) is 6.68. The number of guanidine groups is 1. The summed E-state index contributed by atoms with van der Waals surface area (Å²) < 4.78 is 0. The fraction of sp³-hybridized carbons (Fsp3) is 0.929. The molecule has 3 nitrogen and oxygen atoms in total. The van der Waals surface area contributed by atoms with Gasteiger partial charge >= 0.3 is 0 Å². The first-order chi connectivity index (χ1) is 8.49. The monoisotopic (exact) mass is 401 g/mol. The van der Waals surface area contributed by atoms with Gasteiger partial charge in [-0.15, -0.1) is 24.0 Å². The Hall–Kier alpha value is 0.350. The van der Waals surface area contributed by atoms with Gasteiger partial charge < -0.3 is 10.6 Å². The van der Waals surface area contributed by atoms with E-state index in [-0.39, 0.29) is 24.0 Å². The highest BCUT2D eigenvalue weighted by atomic mass is 127. The van der Waals surface area contributed by atoms with Crippen molar-refractivity contribution in [3.8, 4) is 0 Å². The highest BCUT2D eigenvalue weighted by Crippen LogP contribution is 2.16. The predicted octanol–water partition coefficient (Wildman–Crippen LogP) is 3.74. The van der Waals surface area contributed by atoms with E-state index in [0.29, 0.717) is 5.41 Å². The largest absolute Gasteiger partial charge is 0.357 e. The Kier molecular flexibility index (Phi) is 15.2. The summed E-state index contributed by atoms with van der Waals surface area (Å²) >= 11 is 1.91. The molecule has 0 aliphatic heterocycles. The lowest BCUT2D eigenvalue weighted by atomic mass is 9.92. The number of hydrogen-bond donors (Lipinski definition) is 2. The number of thioether (sulfide) groups is 1. The molecular weight excluding hydrogens is 369 g/mol. The third kappa shape index (κ3) is 16.3. The van der Waals surface area contributed by atoms with Crippen LogP contribution >= 0.6 is 35.7 Å². The van der Waals surface area contributed by atoms with Gasteiger partial charge in [0.05, 0.1) is 0 Å². The molecule has 0 saturated heterocycles. The van der Waals surface area contributed by atoms with Gasteiger partial charge in [0.1, 0.15) is 0 Å². The van der Waals surface area contributed by atoms with Gasteiger partial charge in [0.15, 0.2) is 5.96 Å². The van der Waals surface area contributed by atoms with Crippen molar-refractivity contribution in [2.75, 3.05) is 31.6 Å². The van der Waals surface area contributed by atoms with Crippen LogP contribution in [-0.4, -0.2) is 37.6 Å². The molecule has 0 rings (SSSR count). The van der Waals surface area contributed by atoms with Gasteiger partial charge in [0.2, 0.25) is 0 Å². The fourth-order valence-corrected chi connectivity index (χ4v) is 1.94. The fourth-order valence-electron chi connectivity index (χ4n) is 1.45. The summed E-state index contributed by atoms with van der Waals surface area (Å²) in [6.07, 6.45) is 5.74. The quantitative estimate of drug-likeness (QED) is 0.282. The first kappa shape index (κ1) is 21.6. The highest BCUT2D eigenvalue weighted by Gasteiger charge is 2.09. The van der Waals surface area contributed by atoms with Crippen molar-refractivity contribution in [2.24, 2.45) is 10.4 Å². The van der Waals surface area contributed by atoms with Gasteiger partial charge in [-0.3, -0.25) is 4.99 Å². The van der Waals surface area contributed by atoms with E-state index in [4.69, 9.17) is 0 Å². The molecule has 116 valence electrons. The molecule has 0 aliphatic rings. The van der Waals surface area contributed by atoms with E-state index in [1.54, 1.807) is 0 Å². The van der Waals surface area contributed by atoms with Crippen LogP contribution in [0.1, 0.15) is 47.0 Å².